The van der Waals surface area contributed by atoms with E-state index in [1.165, 1.54) is 0 Å². The highest BCUT2D eigenvalue weighted by Crippen LogP contribution is 2.32. The molecule has 1 saturated heterocycles. The van der Waals surface area contributed by atoms with Gasteiger partial charge in [0, 0.05) is 22.5 Å². The number of rotatable bonds is 5. The molecule has 0 spiro atoms. The number of aliphatic hydroxyl groups excluding tert-OH is 1. The maximum Gasteiger partial charge on any atom is 0.268 e. The van der Waals surface area contributed by atoms with Gasteiger partial charge in [-0.1, -0.05) is 35.9 Å². The summed E-state index contributed by atoms with van der Waals surface area (Å²) in [6, 6.07) is 14.6. The standard InChI is InChI=1S/C25H27ClN4O3/c26-17-7-8-20-16(10-17)12-22(27-20)25(33)28-21-11-15-4-1-2-6-19(15)24(21)29-23(32)14-30-9-3-5-18(31)13-30/h1-2,4,6-8,10,12,18,21,24,27,31H,3,5,9,11,13-14H2,(H,28,33)(H,29,32)/t18?,21-,24-/m1/s1. The lowest BCUT2D eigenvalue weighted by molar-refractivity contribution is -0.123. The summed E-state index contributed by atoms with van der Waals surface area (Å²) in [5.41, 5.74) is 3.44. The summed E-state index contributed by atoms with van der Waals surface area (Å²) < 4.78 is 0. The minimum atomic E-state index is -0.378. The average molecular weight is 467 g/mol. The Labute approximate surface area is 197 Å². The summed E-state index contributed by atoms with van der Waals surface area (Å²) in [5, 5.41) is 17.6. The number of amides is 2. The summed E-state index contributed by atoms with van der Waals surface area (Å²) in [6.45, 7) is 1.55. The van der Waals surface area contributed by atoms with Gasteiger partial charge in [0.05, 0.1) is 24.7 Å². The molecule has 8 heteroatoms. The van der Waals surface area contributed by atoms with Crippen molar-refractivity contribution in [1.82, 2.24) is 20.5 Å². The topological polar surface area (TPSA) is 97.5 Å². The van der Waals surface area contributed by atoms with Crippen molar-refractivity contribution in [2.24, 2.45) is 0 Å². The van der Waals surface area contributed by atoms with Crippen molar-refractivity contribution >= 4 is 34.3 Å². The van der Waals surface area contributed by atoms with E-state index in [9.17, 15) is 14.7 Å². The molecule has 2 amide bonds. The van der Waals surface area contributed by atoms with Gasteiger partial charge in [0.1, 0.15) is 5.69 Å². The number of aromatic amines is 1. The number of fused-ring (bicyclic) bond motifs is 2. The molecule has 1 unspecified atom stereocenters. The molecular weight excluding hydrogens is 440 g/mol. The van der Waals surface area contributed by atoms with E-state index in [1.807, 2.05) is 41.3 Å². The van der Waals surface area contributed by atoms with Crippen LogP contribution in [0.5, 0.6) is 0 Å². The minimum Gasteiger partial charge on any atom is -0.392 e. The van der Waals surface area contributed by atoms with Crippen LogP contribution in [0, 0.1) is 0 Å². The van der Waals surface area contributed by atoms with Crippen LogP contribution in [0.2, 0.25) is 5.02 Å². The molecule has 2 heterocycles. The van der Waals surface area contributed by atoms with E-state index in [0.29, 0.717) is 23.7 Å². The molecule has 33 heavy (non-hydrogen) atoms. The molecule has 172 valence electrons. The molecule has 1 fully saturated rings. The van der Waals surface area contributed by atoms with Gasteiger partial charge in [-0.3, -0.25) is 14.5 Å². The highest BCUT2D eigenvalue weighted by molar-refractivity contribution is 6.31. The van der Waals surface area contributed by atoms with Crippen LogP contribution in [-0.4, -0.2) is 58.6 Å². The van der Waals surface area contributed by atoms with Crippen LogP contribution < -0.4 is 10.6 Å². The Morgan fingerprint density at radius 2 is 2.00 bits per heavy atom. The number of β-amino-alcohol motifs (C(OH)–C–C–N with tert-alkyl or cyclic N) is 1. The molecule has 3 aromatic rings. The third kappa shape index (κ3) is 4.76. The highest BCUT2D eigenvalue weighted by Gasteiger charge is 2.35. The summed E-state index contributed by atoms with van der Waals surface area (Å²) in [7, 11) is 0. The number of H-pyrrole nitrogens is 1. The third-order valence-corrected chi connectivity index (χ3v) is 6.78. The van der Waals surface area contributed by atoms with Crippen LogP contribution in [-0.2, 0) is 11.2 Å². The van der Waals surface area contributed by atoms with Crippen molar-refractivity contribution in [1.29, 1.82) is 0 Å². The van der Waals surface area contributed by atoms with Crippen molar-refractivity contribution in [3.8, 4) is 0 Å². The molecule has 3 atom stereocenters. The lowest BCUT2D eigenvalue weighted by atomic mass is 10.1. The maximum atomic E-state index is 13.1. The normalized spacial score (nSPS) is 22.8. The number of aromatic nitrogens is 1. The van der Waals surface area contributed by atoms with Crippen molar-refractivity contribution in [3.63, 3.8) is 0 Å². The van der Waals surface area contributed by atoms with Gasteiger partial charge in [-0.25, -0.2) is 0 Å². The molecule has 0 bridgehead atoms. The van der Waals surface area contributed by atoms with Gasteiger partial charge in [0.2, 0.25) is 5.91 Å². The second-order valence-electron chi connectivity index (χ2n) is 8.97. The fourth-order valence-corrected chi connectivity index (χ4v) is 5.16. The smallest absolute Gasteiger partial charge is 0.268 e. The highest BCUT2D eigenvalue weighted by atomic mass is 35.5. The number of piperidine rings is 1. The number of hydrogen-bond acceptors (Lipinski definition) is 4. The first-order valence-corrected chi connectivity index (χ1v) is 11.7. The number of aliphatic hydroxyl groups is 1. The molecular formula is C25H27ClN4O3. The predicted octanol–water partition coefficient (Wildman–Crippen LogP) is 2.79. The zero-order chi connectivity index (χ0) is 22.9. The Bertz CT molecular complexity index is 1190. The molecule has 2 aliphatic rings. The largest absolute Gasteiger partial charge is 0.392 e. The van der Waals surface area contributed by atoms with Crippen LogP contribution in [0.4, 0.5) is 0 Å². The van der Waals surface area contributed by atoms with Gasteiger partial charge in [0.15, 0.2) is 0 Å². The summed E-state index contributed by atoms with van der Waals surface area (Å²) in [6.07, 6.45) is 1.93. The number of hydrogen-bond donors (Lipinski definition) is 4. The van der Waals surface area contributed by atoms with Gasteiger partial charge in [-0.2, -0.15) is 0 Å². The molecule has 1 aliphatic heterocycles. The fraction of sp³-hybridized carbons (Fsp3) is 0.360. The first-order valence-electron chi connectivity index (χ1n) is 11.3. The number of carbonyl (C=O) groups is 2. The average Bonchev–Trinajstić information content (AvgIpc) is 3.35. The number of carbonyl (C=O) groups excluding carboxylic acids is 2. The van der Waals surface area contributed by atoms with Gasteiger partial charge < -0.3 is 20.7 Å². The predicted molar refractivity (Wildman–Crippen MR) is 127 cm³/mol. The fourth-order valence-electron chi connectivity index (χ4n) is 4.98. The monoisotopic (exact) mass is 466 g/mol. The molecule has 5 rings (SSSR count). The van der Waals surface area contributed by atoms with E-state index >= 15 is 0 Å². The molecule has 0 saturated carbocycles. The van der Waals surface area contributed by atoms with Crippen molar-refractivity contribution in [2.45, 2.75) is 37.5 Å². The van der Waals surface area contributed by atoms with E-state index in [4.69, 9.17) is 11.6 Å². The van der Waals surface area contributed by atoms with Gasteiger partial charge in [0.25, 0.3) is 5.91 Å². The molecule has 2 aromatic carbocycles. The van der Waals surface area contributed by atoms with Crippen molar-refractivity contribution < 1.29 is 14.7 Å². The van der Waals surface area contributed by atoms with Gasteiger partial charge in [-0.15, -0.1) is 0 Å². The number of halogens is 1. The Morgan fingerprint density at radius 3 is 2.85 bits per heavy atom. The Hall–Kier alpha value is -2.87. The molecule has 4 N–H and O–H groups in total. The van der Waals surface area contributed by atoms with Crippen LogP contribution in [0.15, 0.2) is 48.5 Å². The number of nitrogens with zero attached hydrogens (tertiary/aromatic N) is 1. The number of likely N-dealkylation sites (tertiary alicyclic amines) is 1. The van der Waals surface area contributed by atoms with Crippen LogP contribution >= 0.6 is 11.6 Å². The first-order chi connectivity index (χ1) is 16.0. The number of nitrogens with one attached hydrogen (secondary N) is 3. The third-order valence-electron chi connectivity index (χ3n) is 6.54. The summed E-state index contributed by atoms with van der Waals surface area (Å²) >= 11 is 6.07. The van der Waals surface area contributed by atoms with Crippen molar-refractivity contribution in [2.75, 3.05) is 19.6 Å². The lowest BCUT2D eigenvalue weighted by Gasteiger charge is -2.30. The Morgan fingerprint density at radius 1 is 1.15 bits per heavy atom. The Balaban J connectivity index is 1.31. The molecule has 0 radical (unpaired) electrons. The maximum absolute atomic E-state index is 13.1. The van der Waals surface area contributed by atoms with Crippen LogP contribution in [0.1, 0.15) is 40.5 Å². The number of benzene rings is 2. The lowest BCUT2D eigenvalue weighted by Crippen LogP contribution is -2.48. The zero-order valence-corrected chi connectivity index (χ0v) is 18.9. The van der Waals surface area contributed by atoms with E-state index in [2.05, 4.69) is 15.6 Å². The molecule has 1 aliphatic carbocycles. The SMILES string of the molecule is O=C(CN1CCCC(O)C1)N[C@@H]1c2ccccc2C[C@H]1NC(=O)c1cc2cc(Cl)ccc2[nH]1. The second kappa shape index (κ2) is 9.17. The van der Waals surface area contributed by atoms with Crippen molar-refractivity contribution in [3.05, 3.63) is 70.4 Å². The quantitative estimate of drug-likeness (QED) is 0.465. The van der Waals surface area contributed by atoms with E-state index in [-0.39, 0.29) is 36.5 Å². The van der Waals surface area contributed by atoms with Crippen LogP contribution in [0.3, 0.4) is 0 Å². The van der Waals surface area contributed by atoms with E-state index in [0.717, 1.165) is 41.4 Å². The Kier molecular flexibility index (Phi) is 6.10. The summed E-state index contributed by atoms with van der Waals surface area (Å²) in [4.78, 5) is 31.1. The van der Waals surface area contributed by atoms with Gasteiger partial charge >= 0.3 is 0 Å². The molecule has 7 nitrogen and oxygen atoms in total. The zero-order valence-electron chi connectivity index (χ0n) is 18.2. The molecule has 1 aromatic heterocycles. The van der Waals surface area contributed by atoms with Crippen LogP contribution in [0.25, 0.3) is 10.9 Å². The second-order valence-corrected chi connectivity index (χ2v) is 9.41. The first kappa shape index (κ1) is 21.9. The van der Waals surface area contributed by atoms with E-state index < -0.39 is 0 Å². The van der Waals surface area contributed by atoms with Gasteiger partial charge in [-0.05, 0) is 61.2 Å². The summed E-state index contributed by atoms with van der Waals surface area (Å²) in [5.74, 6) is -0.330. The minimum absolute atomic E-state index is 0.106. The van der Waals surface area contributed by atoms with E-state index in [1.54, 1.807) is 12.1 Å².